The number of rotatable bonds is 66. The van der Waals surface area contributed by atoms with E-state index in [9.17, 15) is 19.5 Å². The fourth-order valence-corrected chi connectivity index (χ4v) is 10.1. The third kappa shape index (κ3) is 67.7. The van der Waals surface area contributed by atoms with Gasteiger partial charge in [-0.15, -0.1) is 0 Å². The molecule has 0 N–H and O–H groups in total. The molecule has 0 aromatic rings. The summed E-state index contributed by atoms with van der Waals surface area (Å²) in [6, 6.07) is 0. The predicted molar refractivity (Wildman–Crippen MR) is 366 cm³/mol. The molecular formula is C77H135NO8. The molecule has 0 bridgehead atoms. The number of carboxylic acids is 1. The average Bonchev–Trinajstić information content (AvgIpc) is 3.63. The minimum atomic E-state index is -1.62. The summed E-state index contributed by atoms with van der Waals surface area (Å²) in [6.07, 6.45) is 89.2. The van der Waals surface area contributed by atoms with Gasteiger partial charge in [-0.25, -0.2) is 0 Å². The van der Waals surface area contributed by atoms with Gasteiger partial charge in [0.25, 0.3) is 0 Å². The van der Waals surface area contributed by atoms with Gasteiger partial charge in [0, 0.05) is 12.8 Å². The largest absolute Gasteiger partial charge is 0.545 e. The summed E-state index contributed by atoms with van der Waals surface area (Å²) in [5, 5.41) is 11.8. The number of nitrogens with zero attached hydrogens (tertiary/aromatic N) is 1. The summed E-state index contributed by atoms with van der Waals surface area (Å²) < 4.78 is 22.8. The number of carbonyl (C=O) groups excluding carboxylic acids is 3. The van der Waals surface area contributed by atoms with Crippen LogP contribution < -0.4 is 5.11 Å². The Balaban J connectivity index is 4.08. The Hall–Kier alpha value is -3.79. The number of unbranched alkanes of at least 4 members (excludes halogenated alkanes) is 35. The van der Waals surface area contributed by atoms with Crippen LogP contribution in [-0.4, -0.2) is 82.3 Å². The minimum absolute atomic E-state index is 0.147. The minimum Gasteiger partial charge on any atom is -0.545 e. The molecule has 496 valence electrons. The molecule has 0 spiro atoms. The first-order valence-electron chi connectivity index (χ1n) is 35.9. The lowest BCUT2D eigenvalue weighted by Crippen LogP contribution is -2.44. The quantitative estimate of drug-likeness (QED) is 0.0195. The summed E-state index contributed by atoms with van der Waals surface area (Å²) in [5.74, 6) is -2.27. The molecule has 9 nitrogen and oxygen atoms in total. The van der Waals surface area contributed by atoms with Crippen LogP contribution in [-0.2, 0) is 33.3 Å². The van der Waals surface area contributed by atoms with E-state index in [1.54, 1.807) is 0 Å². The number of quaternary nitrogens is 1. The van der Waals surface area contributed by atoms with Gasteiger partial charge in [0.15, 0.2) is 12.4 Å². The Morgan fingerprint density at radius 3 is 0.988 bits per heavy atom. The molecule has 9 heteroatoms. The normalized spacial score (nSPS) is 13.3. The van der Waals surface area contributed by atoms with Crippen molar-refractivity contribution in [3.63, 3.8) is 0 Å². The zero-order chi connectivity index (χ0) is 62.6. The van der Waals surface area contributed by atoms with Gasteiger partial charge >= 0.3 is 11.9 Å². The molecule has 86 heavy (non-hydrogen) atoms. The fraction of sp³-hybridized carbons (Fsp3) is 0.753. The molecule has 0 aliphatic carbocycles. The van der Waals surface area contributed by atoms with E-state index in [0.29, 0.717) is 23.9 Å². The number of hydrogen-bond acceptors (Lipinski definition) is 8. The lowest BCUT2D eigenvalue weighted by atomic mass is 10.0. The lowest BCUT2D eigenvalue weighted by molar-refractivity contribution is -0.870. The van der Waals surface area contributed by atoms with E-state index >= 15 is 0 Å². The molecule has 0 heterocycles. The molecule has 0 amide bonds. The second-order valence-electron chi connectivity index (χ2n) is 25.2. The number of hydrogen-bond donors (Lipinski definition) is 0. The van der Waals surface area contributed by atoms with E-state index in [2.05, 4.69) is 111 Å². The fourth-order valence-electron chi connectivity index (χ4n) is 10.1. The summed E-state index contributed by atoms with van der Waals surface area (Å²) >= 11 is 0. The molecule has 0 saturated carbocycles. The highest BCUT2D eigenvalue weighted by molar-refractivity contribution is 5.70. The van der Waals surface area contributed by atoms with Crippen molar-refractivity contribution in [2.24, 2.45) is 0 Å². The molecule has 0 aliphatic rings. The predicted octanol–water partition coefficient (Wildman–Crippen LogP) is 21.1. The monoisotopic (exact) mass is 1200 g/mol. The van der Waals surface area contributed by atoms with Crippen molar-refractivity contribution in [3.8, 4) is 0 Å². The van der Waals surface area contributed by atoms with Crippen molar-refractivity contribution in [2.75, 3.05) is 47.5 Å². The SMILES string of the molecule is CC/C=C\C/C=C\C/C=C\C/C=C\C/C=C\C/C=C\C/C=C\C/C=C\CCCCCCCCCCCCCCCCC(=O)OC(COC(=O)CCCCCCCCCCCCCCCCCCCCCCCC)COC(OCC[N+](C)(C)C)C(=O)[O-]. The van der Waals surface area contributed by atoms with E-state index in [4.69, 9.17) is 18.9 Å². The standard InChI is InChI=1S/C77H135NO8/c1-6-8-10-12-14-16-18-20-22-24-26-28-30-31-32-33-34-35-36-37-38-39-40-41-42-43-44-45-46-48-50-52-54-56-58-60-62-64-66-68-75(80)86-73(72-85-77(76(81)82)83-70-69-78(3,4)5)71-84-74(79)67-65-63-61-59-57-55-53-51-49-47-29-27-25-23-21-19-17-15-13-11-9-7-2/h8,10,14,16,20,22,26,28,31-32,34-35,37-38,40-41,73,77H,6-7,9,11-13,15,17-19,21,23-25,27,29-30,33,36,39,42-72H2,1-5H3/b10-8-,16-14-,22-20-,28-26-,32-31-,35-34-,38-37-,41-40-. The molecule has 0 fully saturated rings. The number of allylic oxidation sites excluding steroid dienone is 16. The molecule has 0 aliphatic heterocycles. The highest BCUT2D eigenvalue weighted by Gasteiger charge is 2.22. The Bertz CT molecular complexity index is 1730. The van der Waals surface area contributed by atoms with Crippen LogP contribution in [0.5, 0.6) is 0 Å². The van der Waals surface area contributed by atoms with Crippen molar-refractivity contribution < 1.29 is 42.9 Å². The van der Waals surface area contributed by atoms with Crippen LogP contribution in [0.25, 0.3) is 0 Å². The van der Waals surface area contributed by atoms with Gasteiger partial charge in [-0.1, -0.05) is 323 Å². The number of carbonyl (C=O) groups is 3. The number of carboxylic acid groups (broad SMARTS) is 1. The van der Waals surface area contributed by atoms with E-state index in [0.717, 1.165) is 89.9 Å². The molecule has 2 atom stereocenters. The van der Waals surface area contributed by atoms with Crippen LogP contribution in [0, 0.1) is 0 Å². The first-order valence-corrected chi connectivity index (χ1v) is 35.9. The van der Waals surface area contributed by atoms with Crippen molar-refractivity contribution in [1.82, 2.24) is 0 Å². The molecule has 0 aromatic carbocycles. The highest BCUT2D eigenvalue weighted by atomic mass is 16.7. The van der Waals surface area contributed by atoms with Gasteiger partial charge in [0.1, 0.15) is 13.2 Å². The van der Waals surface area contributed by atoms with Crippen LogP contribution in [0.3, 0.4) is 0 Å². The second kappa shape index (κ2) is 67.1. The van der Waals surface area contributed by atoms with Gasteiger partial charge in [0.2, 0.25) is 0 Å². The maximum Gasteiger partial charge on any atom is 0.306 e. The Morgan fingerprint density at radius 1 is 0.360 bits per heavy atom. The van der Waals surface area contributed by atoms with Gasteiger partial charge in [-0.05, 0) is 77.0 Å². The van der Waals surface area contributed by atoms with Crippen molar-refractivity contribution in [2.45, 2.75) is 328 Å². The van der Waals surface area contributed by atoms with E-state index < -0.39 is 24.3 Å². The zero-order valence-electron chi connectivity index (χ0n) is 56.7. The summed E-state index contributed by atoms with van der Waals surface area (Å²) in [5.41, 5.74) is 0. The summed E-state index contributed by atoms with van der Waals surface area (Å²) in [7, 11) is 5.94. The van der Waals surface area contributed by atoms with Crippen molar-refractivity contribution in [1.29, 1.82) is 0 Å². The summed E-state index contributed by atoms with van der Waals surface area (Å²) in [6.45, 7) is 4.68. The van der Waals surface area contributed by atoms with Gasteiger partial charge in [-0.2, -0.15) is 0 Å². The van der Waals surface area contributed by atoms with Gasteiger partial charge < -0.3 is 33.3 Å². The maximum absolute atomic E-state index is 12.9. The number of likely N-dealkylation sites (N-methyl/N-ethyl adjacent to an activating group) is 1. The van der Waals surface area contributed by atoms with Crippen LogP contribution in [0.1, 0.15) is 316 Å². The van der Waals surface area contributed by atoms with Crippen LogP contribution in [0.2, 0.25) is 0 Å². The number of aliphatic carboxylic acids is 1. The Kier molecular flexibility index (Phi) is 64.2. The summed E-state index contributed by atoms with van der Waals surface area (Å²) in [4.78, 5) is 37.5. The maximum atomic E-state index is 12.9. The van der Waals surface area contributed by atoms with Gasteiger partial charge in [-0.3, -0.25) is 9.59 Å². The molecule has 0 aromatic heterocycles. The van der Waals surface area contributed by atoms with Crippen LogP contribution in [0.4, 0.5) is 0 Å². The number of ether oxygens (including phenoxy) is 4. The van der Waals surface area contributed by atoms with E-state index in [1.165, 1.54) is 193 Å². The molecule has 0 rings (SSSR count). The van der Waals surface area contributed by atoms with Gasteiger partial charge in [0.05, 0.1) is 40.3 Å². The third-order valence-corrected chi connectivity index (χ3v) is 15.6. The Labute approximate surface area is 531 Å². The molecule has 0 radical (unpaired) electrons. The molecule has 0 saturated heterocycles. The topological polar surface area (TPSA) is 111 Å². The smallest absolute Gasteiger partial charge is 0.306 e. The highest BCUT2D eigenvalue weighted by Crippen LogP contribution is 2.18. The lowest BCUT2D eigenvalue weighted by Gasteiger charge is -2.26. The van der Waals surface area contributed by atoms with E-state index in [1.807, 2.05) is 21.1 Å². The van der Waals surface area contributed by atoms with Crippen LogP contribution in [0.15, 0.2) is 97.2 Å². The second-order valence-corrected chi connectivity index (χ2v) is 25.2. The third-order valence-electron chi connectivity index (χ3n) is 15.6. The first kappa shape index (κ1) is 82.2. The van der Waals surface area contributed by atoms with Crippen molar-refractivity contribution in [3.05, 3.63) is 97.2 Å². The van der Waals surface area contributed by atoms with Crippen LogP contribution >= 0.6 is 0 Å². The molecular weight excluding hydrogens is 1070 g/mol. The van der Waals surface area contributed by atoms with E-state index in [-0.39, 0.29) is 32.2 Å². The first-order chi connectivity index (χ1) is 42.1. The average molecular weight is 1200 g/mol. The number of esters is 2. The Morgan fingerprint density at radius 2 is 0.663 bits per heavy atom. The zero-order valence-corrected chi connectivity index (χ0v) is 56.7. The molecule has 2 unspecified atom stereocenters. The van der Waals surface area contributed by atoms with Crippen molar-refractivity contribution >= 4 is 17.9 Å².